The maximum Gasteiger partial charge on any atom is 0.244 e. The van der Waals surface area contributed by atoms with Crippen molar-refractivity contribution in [2.45, 2.75) is 31.3 Å². The monoisotopic (exact) mass is 273 g/mol. The molecule has 0 radical (unpaired) electrons. The van der Waals surface area contributed by atoms with E-state index in [1.54, 1.807) is 20.8 Å². The Labute approximate surface area is 107 Å². The van der Waals surface area contributed by atoms with Gasteiger partial charge in [0.25, 0.3) is 0 Å². The van der Waals surface area contributed by atoms with E-state index in [1.165, 1.54) is 22.6 Å². The number of aliphatic hydroxyl groups is 1. The Hall–Kier alpha value is -1.18. The molecule has 0 fully saturated rings. The normalized spacial score (nSPS) is 12.9. The Morgan fingerprint density at radius 3 is 2.44 bits per heavy atom. The molecule has 1 rings (SSSR count). The van der Waals surface area contributed by atoms with E-state index in [1.807, 2.05) is 0 Å². The van der Waals surface area contributed by atoms with Crippen LogP contribution < -0.4 is 5.73 Å². The summed E-state index contributed by atoms with van der Waals surface area (Å²) in [6, 6.07) is 2.84. The lowest BCUT2D eigenvalue weighted by Gasteiger charge is -2.27. The first kappa shape index (κ1) is 14.9. The number of likely N-dealkylation sites (N-methyl/N-ethyl adjacent to an activating group) is 1. The lowest BCUT2D eigenvalue weighted by Crippen LogP contribution is -2.42. The fraction of sp³-hybridized carbons (Fsp3) is 0.545. The van der Waals surface area contributed by atoms with E-state index in [2.05, 4.69) is 4.98 Å². The first-order valence-corrected chi connectivity index (χ1v) is 7.05. The van der Waals surface area contributed by atoms with Crippen LogP contribution >= 0.6 is 0 Å². The Morgan fingerprint density at radius 2 is 2.06 bits per heavy atom. The molecule has 1 aromatic rings. The molecule has 0 aliphatic heterocycles. The minimum atomic E-state index is -3.65. The highest BCUT2D eigenvalue weighted by atomic mass is 32.2. The van der Waals surface area contributed by atoms with Crippen LogP contribution in [0.5, 0.6) is 0 Å². The van der Waals surface area contributed by atoms with Crippen molar-refractivity contribution in [1.29, 1.82) is 0 Å². The first-order chi connectivity index (χ1) is 8.16. The number of nitrogens with zero attached hydrogens (tertiary/aromatic N) is 2. The van der Waals surface area contributed by atoms with Gasteiger partial charge >= 0.3 is 0 Å². The fourth-order valence-electron chi connectivity index (χ4n) is 1.49. The third-order valence-corrected chi connectivity index (χ3v) is 4.22. The summed E-state index contributed by atoms with van der Waals surface area (Å²) in [5.74, 6) is 0.263. The molecule has 0 aromatic carbocycles. The average molecular weight is 273 g/mol. The quantitative estimate of drug-likeness (QED) is 0.811. The molecular weight excluding hydrogens is 254 g/mol. The standard InChI is InChI=1S/C11H19N3O3S/c1-4-14(8-11(2,3)15)18(16,17)9-5-6-10(12)13-7-9/h5-7,15H,4,8H2,1-3H3,(H2,12,13). The van der Waals surface area contributed by atoms with Crippen LogP contribution in [0.4, 0.5) is 5.82 Å². The van der Waals surface area contributed by atoms with Crippen molar-refractivity contribution in [3.63, 3.8) is 0 Å². The molecule has 0 saturated carbocycles. The minimum Gasteiger partial charge on any atom is -0.389 e. The van der Waals surface area contributed by atoms with Crippen molar-refractivity contribution in [3.8, 4) is 0 Å². The highest BCUT2D eigenvalue weighted by Gasteiger charge is 2.28. The minimum absolute atomic E-state index is 0.0240. The van der Waals surface area contributed by atoms with Crippen molar-refractivity contribution >= 4 is 15.8 Å². The first-order valence-electron chi connectivity index (χ1n) is 5.61. The van der Waals surface area contributed by atoms with Crippen molar-refractivity contribution < 1.29 is 13.5 Å². The predicted octanol–water partition coefficient (Wildman–Crippen LogP) is 0.445. The highest BCUT2D eigenvalue weighted by molar-refractivity contribution is 7.89. The summed E-state index contributed by atoms with van der Waals surface area (Å²) in [5.41, 5.74) is 4.33. The van der Waals surface area contributed by atoms with E-state index in [0.717, 1.165) is 0 Å². The second-order valence-electron chi connectivity index (χ2n) is 4.66. The van der Waals surface area contributed by atoms with E-state index < -0.39 is 15.6 Å². The van der Waals surface area contributed by atoms with E-state index in [0.29, 0.717) is 0 Å². The van der Waals surface area contributed by atoms with Gasteiger partial charge in [0.1, 0.15) is 10.7 Å². The smallest absolute Gasteiger partial charge is 0.244 e. The molecule has 1 aromatic heterocycles. The molecule has 0 aliphatic rings. The maximum absolute atomic E-state index is 12.3. The van der Waals surface area contributed by atoms with Gasteiger partial charge < -0.3 is 10.8 Å². The molecule has 3 N–H and O–H groups in total. The van der Waals surface area contributed by atoms with Gasteiger partial charge in [0.05, 0.1) is 5.60 Å². The SMILES string of the molecule is CCN(CC(C)(C)O)S(=O)(=O)c1ccc(N)nc1. The van der Waals surface area contributed by atoms with Gasteiger partial charge in [0, 0.05) is 19.3 Å². The van der Waals surface area contributed by atoms with Crippen LogP contribution in [0.15, 0.2) is 23.2 Å². The molecule has 0 amide bonds. The number of nitrogens with two attached hydrogens (primary N) is 1. The van der Waals surface area contributed by atoms with Crippen molar-refractivity contribution in [1.82, 2.24) is 9.29 Å². The van der Waals surface area contributed by atoms with Gasteiger partial charge in [0.15, 0.2) is 0 Å². The Kier molecular flexibility index (Phi) is 4.31. The van der Waals surface area contributed by atoms with Crippen LogP contribution in [0.25, 0.3) is 0 Å². The van der Waals surface area contributed by atoms with Crippen molar-refractivity contribution in [2.75, 3.05) is 18.8 Å². The van der Waals surface area contributed by atoms with Crippen LogP contribution in [-0.2, 0) is 10.0 Å². The summed E-state index contributed by atoms with van der Waals surface area (Å²) in [6.07, 6.45) is 1.22. The molecule has 0 atom stereocenters. The Bertz CT molecular complexity index is 491. The molecule has 102 valence electrons. The molecule has 0 aliphatic carbocycles. The number of pyridine rings is 1. The predicted molar refractivity (Wildman–Crippen MR) is 69.4 cm³/mol. The highest BCUT2D eigenvalue weighted by Crippen LogP contribution is 2.17. The molecule has 0 saturated heterocycles. The van der Waals surface area contributed by atoms with E-state index in [-0.39, 0.29) is 23.8 Å². The lowest BCUT2D eigenvalue weighted by molar-refractivity contribution is 0.0601. The van der Waals surface area contributed by atoms with Gasteiger partial charge in [-0.05, 0) is 26.0 Å². The second-order valence-corrected chi connectivity index (χ2v) is 6.60. The topological polar surface area (TPSA) is 96.5 Å². The summed E-state index contributed by atoms with van der Waals surface area (Å²) in [5, 5.41) is 9.73. The van der Waals surface area contributed by atoms with Crippen molar-refractivity contribution in [3.05, 3.63) is 18.3 Å². The van der Waals surface area contributed by atoms with Gasteiger partial charge in [-0.3, -0.25) is 0 Å². The third kappa shape index (κ3) is 3.66. The molecule has 18 heavy (non-hydrogen) atoms. The lowest BCUT2D eigenvalue weighted by atomic mass is 10.1. The Balaban J connectivity index is 3.07. The van der Waals surface area contributed by atoms with Gasteiger partial charge in [-0.25, -0.2) is 13.4 Å². The van der Waals surface area contributed by atoms with Crippen LogP contribution in [0.3, 0.4) is 0 Å². The average Bonchev–Trinajstić information content (AvgIpc) is 2.25. The molecule has 6 nitrogen and oxygen atoms in total. The number of hydrogen-bond donors (Lipinski definition) is 2. The zero-order valence-corrected chi connectivity index (χ0v) is 11.6. The summed E-state index contributed by atoms with van der Waals surface area (Å²) < 4.78 is 25.8. The number of sulfonamides is 1. The van der Waals surface area contributed by atoms with Gasteiger partial charge in [0.2, 0.25) is 10.0 Å². The summed E-state index contributed by atoms with van der Waals surface area (Å²) in [7, 11) is -3.65. The summed E-state index contributed by atoms with van der Waals surface area (Å²) >= 11 is 0. The maximum atomic E-state index is 12.3. The van der Waals surface area contributed by atoms with E-state index in [9.17, 15) is 13.5 Å². The van der Waals surface area contributed by atoms with Crippen LogP contribution in [-0.4, -0.2) is 41.5 Å². The number of hydrogen-bond acceptors (Lipinski definition) is 5. The molecule has 1 heterocycles. The van der Waals surface area contributed by atoms with E-state index >= 15 is 0 Å². The number of nitrogen functional groups attached to an aromatic ring is 1. The molecular formula is C11H19N3O3S. The van der Waals surface area contributed by atoms with Crippen LogP contribution in [0, 0.1) is 0 Å². The number of rotatable bonds is 5. The second kappa shape index (κ2) is 5.21. The largest absolute Gasteiger partial charge is 0.389 e. The molecule has 7 heteroatoms. The molecule has 0 bridgehead atoms. The number of aromatic nitrogens is 1. The third-order valence-electron chi connectivity index (χ3n) is 2.31. The fourth-order valence-corrected chi connectivity index (χ4v) is 3.04. The van der Waals surface area contributed by atoms with Crippen LogP contribution in [0.1, 0.15) is 20.8 Å². The summed E-state index contributed by atoms with van der Waals surface area (Å²) in [4.78, 5) is 3.84. The van der Waals surface area contributed by atoms with Gasteiger partial charge in [-0.2, -0.15) is 4.31 Å². The van der Waals surface area contributed by atoms with Crippen LogP contribution in [0.2, 0.25) is 0 Å². The number of anilines is 1. The molecule has 0 unspecified atom stereocenters. The van der Waals surface area contributed by atoms with Gasteiger partial charge in [-0.15, -0.1) is 0 Å². The van der Waals surface area contributed by atoms with Crippen molar-refractivity contribution in [2.24, 2.45) is 0 Å². The zero-order valence-electron chi connectivity index (χ0n) is 10.8. The summed E-state index contributed by atoms with van der Waals surface area (Å²) in [6.45, 7) is 5.14. The molecule has 0 spiro atoms. The van der Waals surface area contributed by atoms with E-state index in [4.69, 9.17) is 5.73 Å². The Morgan fingerprint density at radius 1 is 1.44 bits per heavy atom. The zero-order chi connectivity index (χ0) is 14.0. The van der Waals surface area contributed by atoms with Gasteiger partial charge in [-0.1, -0.05) is 6.92 Å².